The molecule has 18 heavy (non-hydrogen) atoms. The maximum Gasteiger partial charge on any atom is 0.339 e. The number of fused-ring (bicyclic) bond motifs is 1. The number of aliphatic hydroxyl groups is 1. The summed E-state index contributed by atoms with van der Waals surface area (Å²) in [4.78, 5) is 15.3. The predicted octanol–water partition coefficient (Wildman–Crippen LogP) is 0.379. The minimum Gasteiger partial charge on any atom is -0.478 e. The summed E-state index contributed by atoms with van der Waals surface area (Å²) in [5, 5.41) is 25.8. The van der Waals surface area contributed by atoms with Crippen LogP contribution in [0.25, 0.3) is 11.0 Å². The first kappa shape index (κ1) is 12.3. The molecule has 0 aliphatic carbocycles. The number of aromatic nitrogens is 3. The quantitative estimate of drug-likeness (QED) is 0.725. The number of aliphatic hydroxyl groups excluding tert-OH is 1. The number of rotatable bonds is 4. The highest BCUT2D eigenvalue weighted by Crippen LogP contribution is 2.28. The number of pyridine rings is 1. The zero-order valence-corrected chi connectivity index (χ0v) is 10.1. The standard InChI is InChI=1S/C11H14N4O3/c1-6-8-9(12-3-4-16)7(11(17)18)5-13-10(8)15(2)14-6/h5,16H,3-4H2,1-2H3,(H,12,13)(H,17,18). The Labute approximate surface area is 103 Å². The van der Waals surface area contributed by atoms with E-state index >= 15 is 0 Å². The molecule has 0 fully saturated rings. The van der Waals surface area contributed by atoms with Crippen LogP contribution in [0.4, 0.5) is 5.69 Å². The number of carboxylic acids is 1. The minimum absolute atomic E-state index is 0.0760. The molecule has 7 nitrogen and oxygen atoms in total. The van der Waals surface area contributed by atoms with E-state index in [9.17, 15) is 4.79 Å². The molecular formula is C11H14N4O3. The summed E-state index contributed by atoms with van der Waals surface area (Å²) in [5.74, 6) is -1.06. The third-order valence-corrected chi connectivity index (χ3v) is 2.67. The Morgan fingerprint density at radius 1 is 1.56 bits per heavy atom. The van der Waals surface area contributed by atoms with E-state index in [-0.39, 0.29) is 18.7 Å². The summed E-state index contributed by atoms with van der Waals surface area (Å²) >= 11 is 0. The Bertz CT molecular complexity index is 606. The van der Waals surface area contributed by atoms with Gasteiger partial charge in [0.15, 0.2) is 5.65 Å². The van der Waals surface area contributed by atoms with E-state index in [0.29, 0.717) is 22.4 Å². The normalized spacial score (nSPS) is 10.8. The summed E-state index contributed by atoms with van der Waals surface area (Å²) < 4.78 is 1.60. The second-order valence-corrected chi connectivity index (χ2v) is 3.91. The van der Waals surface area contributed by atoms with Gasteiger partial charge in [-0.3, -0.25) is 4.68 Å². The lowest BCUT2D eigenvalue weighted by molar-refractivity contribution is 0.0697. The molecule has 7 heteroatoms. The molecule has 2 aromatic heterocycles. The monoisotopic (exact) mass is 250 g/mol. The van der Waals surface area contributed by atoms with Crippen LogP contribution in [0, 0.1) is 6.92 Å². The molecule has 2 rings (SSSR count). The van der Waals surface area contributed by atoms with Gasteiger partial charge >= 0.3 is 5.97 Å². The Hall–Kier alpha value is -2.15. The van der Waals surface area contributed by atoms with Crippen LogP contribution in [0.1, 0.15) is 16.1 Å². The zero-order valence-electron chi connectivity index (χ0n) is 10.1. The van der Waals surface area contributed by atoms with Crippen molar-refractivity contribution in [2.75, 3.05) is 18.5 Å². The van der Waals surface area contributed by atoms with Crippen LogP contribution < -0.4 is 5.32 Å². The SMILES string of the molecule is Cc1nn(C)c2ncc(C(=O)O)c(NCCO)c12. The molecule has 96 valence electrons. The van der Waals surface area contributed by atoms with Crippen molar-refractivity contribution in [2.45, 2.75) is 6.92 Å². The number of aromatic carboxylic acids is 1. The number of nitrogens with one attached hydrogen (secondary N) is 1. The molecule has 0 bridgehead atoms. The molecule has 2 aromatic rings. The average Bonchev–Trinajstić information content (AvgIpc) is 2.62. The van der Waals surface area contributed by atoms with Gasteiger partial charge in [0, 0.05) is 19.8 Å². The van der Waals surface area contributed by atoms with Gasteiger partial charge in [0.2, 0.25) is 0 Å². The van der Waals surface area contributed by atoms with E-state index in [1.54, 1.807) is 18.7 Å². The molecule has 0 unspecified atom stereocenters. The molecule has 0 radical (unpaired) electrons. The van der Waals surface area contributed by atoms with Gasteiger partial charge in [-0.05, 0) is 6.92 Å². The molecule has 2 heterocycles. The molecular weight excluding hydrogens is 236 g/mol. The fourth-order valence-electron chi connectivity index (χ4n) is 1.94. The second kappa shape index (κ2) is 4.61. The van der Waals surface area contributed by atoms with Gasteiger partial charge in [-0.2, -0.15) is 5.10 Å². The molecule has 0 saturated heterocycles. The van der Waals surface area contributed by atoms with E-state index in [4.69, 9.17) is 10.2 Å². The van der Waals surface area contributed by atoms with E-state index in [2.05, 4.69) is 15.4 Å². The topological polar surface area (TPSA) is 100 Å². The van der Waals surface area contributed by atoms with Gasteiger partial charge in [-0.25, -0.2) is 9.78 Å². The molecule has 0 aromatic carbocycles. The number of anilines is 1. The first-order chi connectivity index (χ1) is 8.56. The lowest BCUT2D eigenvalue weighted by Gasteiger charge is -2.09. The molecule has 0 amide bonds. The van der Waals surface area contributed by atoms with Gasteiger partial charge in [-0.1, -0.05) is 0 Å². The van der Waals surface area contributed by atoms with Gasteiger partial charge in [-0.15, -0.1) is 0 Å². The fraction of sp³-hybridized carbons (Fsp3) is 0.364. The maximum absolute atomic E-state index is 11.2. The van der Waals surface area contributed by atoms with E-state index < -0.39 is 5.97 Å². The van der Waals surface area contributed by atoms with Crippen molar-refractivity contribution in [2.24, 2.45) is 7.05 Å². The van der Waals surface area contributed by atoms with Crippen molar-refractivity contribution in [3.05, 3.63) is 17.5 Å². The first-order valence-electron chi connectivity index (χ1n) is 5.46. The molecule has 3 N–H and O–H groups in total. The number of nitrogens with zero attached hydrogens (tertiary/aromatic N) is 3. The van der Waals surface area contributed by atoms with Crippen molar-refractivity contribution < 1.29 is 15.0 Å². The fourth-order valence-corrected chi connectivity index (χ4v) is 1.94. The summed E-state index contributed by atoms with van der Waals surface area (Å²) in [6, 6.07) is 0. The van der Waals surface area contributed by atoms with Crippen LogP contribution in [-0.2, 0) is 7.05 Å². The number of aryl methyl sites for hydroxylation is 2. The minimum atomic E-state index is -1.06. The third-order valence-electron chi connectivity index (χ3n) is 2.67. The first-order valence-corrected chi connectivity index (χ1v) is 5.46. The van der Waals surface area contributed by atoms with Gasteiger partial charge in [0.05, 0.1) is 23.4 Å². The second-order valence-electron chi connectivity index (χ2n) is 3.91. The van der Waals surface area contributed by atoms with Gasteiger partial charge in [0.25, 0.3) is 0 Å². The van der Waals surface area contributed by atoms with Crippen LogP contribution in [0.3, 0.4) is 0 Å². The summed E-state index contributed by atoms with van der Waals surface area (Å²) in [6.45, 7) is 1.98. The smallest absolute Gasteiger partial charge is 0.339 e. The predicted molar refractivity (Wildman–Crippen MR) is 65.8 cm³/mol. The molecule has 0 saturated carbocycles. The summed E-state index contributed by atoms with van der Waals surface area (Å²) in [7, 11) is 1.75. The third kappa shape index (κ3) is 1.88. The lowest BCUT2D eigenvalue weighted by atomic mass is 10.1. The van der Waals surface area contributed by atoms with E-state index in [0.717, 1.165) is 0 Å². The Kier molecular flexibility index (Phi) is 3.15. The molecule has 0 atom stereocenters. The van der Waals surface area contributed by atoms with Crippen molar-refractivity contribution in [3.8, 4) is 0 Å². The number of hydrogen-bond donors (Lipinski definition) is 3. The number of carbonyl (C=O) groups is 1. The highest BCUT2D eigenvalue weighted by atomic mass is 16.4. The molecule has 0 aliphatic heterocycles. The van der Waals surface area contributed by atoms with Gasteiger partial charge in [0.1, 0.15) is 5.56 Å². The summed E-state index contributed by atoms with van der Waals surface area (Å²) in [6.07, 6.45) is 1.30. The van der Waals surface area contributed by atoms with Crippen molar-refractivity contribution in [1.82, 2.24) is 14.8 Å². The van der Waals surface area contributed by atoms with E-state index in [1.165, 1.54) is 6.20 Å². The maximum atomic E-state index is 11.2. The van der Waals surface area contributed by atoms with Crippen LogP contribution >= 0.6 is 0 Å². The number of carboxylic acid groups (broad SMARTS) is 1. The van der Waals surface area contributed by atoms with Crippen LogP contribution in [0.5, 0.6) is 0 Å². The van der Waals surface area contributed by atoms with Crippen LogP contribution in [0.2, 0.25) is 0 Å². The Morgan fingerprint density at radius 3 is 2.89 bits per heavy atom. The highest BCUT2D eigenvalue weighted by Gasteiger charge is 2.18. The summed E-state index contributed by atoms with van der Waals surface area (Å²) in [5.41, 5.74) is 1.83. The van der Waals surface area contributed by atoms with Crippen molar-refractivity contribution >= 4 is 22.7 Å². The molecule has 0 aliphatic rings. The van der Waals surface area contributed by atoms with Crippen LogP contribution in [0.15, 0.2) is 6.20 Å². The Balaban J connectivity index is 2.71. The Morgan fingerprint density at radius 2 is 2.28 bits per heavy atom. The van der Waals surface area contributed by atoms with Crippen molar-refractivity contribution in [3.63, 3.8) is 0 Å². The lowest BCUT2D eigenvalue weighted by Crippen LogP contribution is -2.11. The average molecular weight is 250 g/mol. The van der Waals surface area contributed by atoms with Crippen LogP contribution in [-0.4, -0.2) is 44.1 Å². The molecule has 0 spiro atoms. The van der Waals surface area contributed by atoms with Crippen molar-refractivity contribution in [1.29, 1.82) is 0 Å². The van der Waals surface area contributed by atoms with E-state index in [1.807, 2.05) is 0 Å². The van der Waals surface area contributed by atoms with Gasteiger partial charge < -0.3 is 15.5 Å². The largest absolute Gasteiger partial charge is 0.478 e. The highest BCUT2D eigenvalue weighted by molar-refractivity contribution is 6.04. The number of hydrogen-bond acceptors (Lipinski definition) is 5. The zero-order chi connectivity index (χ0) is 13.3.